The van der Waals surface area contributed by atoms with Crippen molar-refractivity contribution < 1.29 is 43.7 Å². The van der Waals surface area contributed by atoms with Gasteiger partial charge in [-0.15, -0.1) is 0 Å². The highest BCUT2D eigenvalue weighted by Crippen LogP contribution is 2.51. The molecule has 1 aliphatic heterocycles. The summed E-state index contributed by atoms with van der Waals surface area (Å²) in [6.45, 7) is 2.23. The van der Waals surface area contributed by atoms with Gasteiger partial charge in [-0.1, -0.05) is 0 Å². The number of amides is 1. The molecular formula is C27H31N3O9. The van der Waals surface area contributed by atoms with E-state index in [9.17, 15) is 39.0 Å². The van der Waals surface area contributed by atoms with Crippen LogP contribution in [0.5, 0.6) is 5.75 Å². The Kier molecular flexibility index (Phi) is 6.78. The fourth-order valence-corrected chi connectivity index (χ4v) is 6.91. The van der Waals surface area contributed by atoms with Gasteiger partial charge in [0.05, 0.1) is 37.3 Å². The van der Waals surface area contributed by atoms with E-state index in [-0.39, 0.29) is 36.3 Å². The average molecular weight is 542 g/mol. The van der Waals surface area contributed by atoms with Gasteiger partial charge in [0.1, 0.15) is 5.75 Å². The number of aromatic hydroxyl groups is 1. The Morgan fingerprint density at radius 3 is 2.41 bits per heavy atom. The van der Waals surface area contributed by atoms with Crippen LogP contribution in [0.3, 0.4) is 0 Å². The molecule has 1 saturated heterocycles. The summed E-state index contributed by atoms with van der Waals surface area (Å²) in [4.78, 5) is 82.8. The molecule has 39 heavy (non-hydrogen) atoms. The van der Waals surface area contributed by atoms with Gasteiger partial charge < -0.3 is 20.7 Å². The van der Waals surface area contributed by atoms with Gasteiger partial charge in [0.2, 0.25) is 5.91 Å². The van der Waals surface area contributed by atoms with Crippen LogP contribution in [-0.2, 0) is 30.3 Å². The SMILES string of the molecule is CN(C)[C@@H]1C(=O)C(C(N)=O)C(=O)[C@@]2(O)C(=O)C3C(=O)c4c(O)ccc(C(=O)CN5CCOCC5)c4C[C@H]3C[C@@H]12. The Morgan fingerprint density at radius 2 is 1.79 bits per heavy atom. The van der Waals surface area contributed by atoms with E-state index in [0.717, 1.165) is 0 Å². The van der Waals surface area contributed by atoms with Crippen molar-refractivity contribution in [3.8, 4) is 5.75 Å². The van der Waals surface area contributed by atoms with Gasteiger partial charge in [0.15, 0.2) is 40.4 Å². The Balaban J connectivity index is 1.56. The number of phenolic OH excluding ortho intramolecular Hbond substituents is 1. The van der Waals surface area contributed by atoms with Crippen LogP contribution in [0.4, 0.5) is 0 Å². The Labute approximate surface area is 224 Å². The van der Waals surface area contributed by atoms with E-state index in [0.29, 0.717) is 31.9 Å². The molecular weight excluding hydrogens is 510 g/mol. The van der Waals surface area contributed by atoms with Crippen LogP contribution in [0, 0.1) is 23.7 Å². The number of likely N-dealkylation sites (N-methyl/N-ethyl adjacent to an activating group) is 1. The predicted octanol–water partition coefficient (Wildman–Crippen LogP) is -1.62. The maximum atomic E-state index is 13.8. The third-order valence-electron chi connectivity index (χ3n) is 8.72. The number of benzene rings is 1. The quantitative estimate of drug-likeness (QED) is 0.288. The number of nitrogens with two attached hydrogens (primary N) is 1. The number of hydrogen-bond donors (Lipinski definition) is 3. The molecule has 0 bridgehead atoms. The summed E-state index contributed by atoms with van der Waals surface area (Å²) < 4.78 is 5.33. The van der Waals surface area contributed by atoms with Crippen molar-refractivity contribution in [3.05, 3.63) is 28.8 Å². The number of primary amides is 1. The normalized spacial score (nSPS) is 33.0. The number of Topliss-reactive ketones (excluding diaryl/α,β-unsaturated/α-hetero) is 5. The summed E-state index contributed by atoms with van der Waals surface area (Å²) in [5, 5.41) is 22.2. The molecule has 5 rings (SSSR count). The van der Waals surface area contributed by atoms with E-state index in [1.54, 1.807) is 0 Å². The third-order valence-corrected chi connectivity index (χ3v) is 8.72. The lowest BCUT2D eigenvalue weighted by Gasteiger charge is -2.52. The molecule has 12 heteroatoms. The first kappa shape index (κ1) is 27.3. The molecule has 4 N–H and O–H groups in total. The number of rotatable bonds is 5. The smallest absolute Gasteiger partial charge is 0.235 e. The Hall–Kier alpha value is -3.32. The zero-order valence-electron chi connectivity index (χ0n) is 21.7. The summed E-state index contributed by atoms with van der Waals surface area (Å²) in [5.41, 5.74) is 2.92. The van der Waals surface area contributed by atoms with Crippen LogP contribution >= 0.6 is 0 Å². The fourth-order valence-electron chi connectivity index (χ4n) is 6.91. The number of ether oxygens (including phenoxy) is 1. The molecule has 1 amide bonds. The number of carbonyl (C=O) groups is 6. The van der Waals surface area contributed by atoms with Crippen molar-refractivity contribution in [1.29, 1.82) is 0 Å². The molecule has 6 atom stereocenters. The van der Waals surface area contributed by atoms with Crippen LogP contribution in [0.1, 0.15) is 32.7 Å². The summed E-state index contributed by atoms with van der Waals surface area (Å²) in [6, 6.07) is 1.50. The van der Waals surface area contributed by atoms with Crippen molar-refractivity contribution in [3.63, 3.8) is 0 Å². The molecule has 3 fully saturated rings. The van der Waals surface area contributed by atoms with Crippen LogP contribution in [0.15, 0.2) is 12.1 Å². The monoisotopic (exact) mass is 541 g/mol. The first-order valence-corrected chi connectivity index (χ1v) is 12.9. The predicted molar refractivity (Wildman–Crippen MR) is 133 cm³/mol. The van der Waals surface area contributed by atoms with Gasteiger partial charge in [-0.2, -0.15) is 0 Å². The second-order valence-corrected chi connectivity index (χ2v) is 11.1. The average Bonchev–Trinajstić information content (AvgIpc) is 2.86. The molecule has 2 saturated carbocycles. The molecule has 3 aliphatic carbocycles. The number of morpholine rings is 1. The topological polar surface area (TPSA) is 185 Å². The van der Waals surface area contributed by atoms with Gasteiger partial charge in [0, 0.05) is 24.6 Å². The van der Waals surface area contributed by atoms with Crippen molar-refractivity contribution >= 4 is 34.8 Å². The van der Waals surface area contributed by atoms with E-state index in [2.05, 4.69) is 0 Å². The molecule has 1 aromatic rings. The van der Waals surface area contributed by atoms with E-state index in [1.807, 2.05) is 4.90 Å². The number of carbonyl (C=O) groups excluding carboxylic acids is 6. The van der Waals surface area contributed by atoms with Gasteiger partial charge >= 0.3 is 0 Å². The molecule has 1 heterocycles. The molecule has 1 aromatic carbocycles. The Morgan fingerprint density at radius 1 is 1.13 bits per heavy atom. The van der Waals surface area contributed by atoms with Crippen molar-refractivity contribution in [2.24, 2.45) is 29.4 Å². The third kappa shape index (κ3) is 4.05. The van der Waals surface area contributed by atoms with E-state index in [4.69, 9.17) is 10.5 Å². The second kappa shape index (κ2) is 9.70. The standard InChI is InChI=1S/C27H31N3O9/c1-29(2)21-15-10-12-9-14-13(17(32)11-30-5-7-39-8-6-30)3-4-16(31)19(14)22(33)18(12)24(35)27(15,38)25(36)20(23(21)34)26(28)37/h3-4,12,15,18,20-21,31,38H,5-11H2,1-2H3,(H2,28,37)/t12-,15-,18?,20?,21-,27-/m0/s1. The minimum absolute atomic E-state index is 0.0461. The van der Waals surface area contributed by atoms with Crippen molar-refractivity contribution in [2.45, 2.75) is 24.5 Å². The molecule has 0 radical (unpaired) electrons. The first-order chi connectivity index (χ1) is 18.4. The maximum absolute atomic E-state index is 13.8. The lowest BCUT2D eigenvalue weighted by Crippen LogP contribution is -2.74. The highest BCUT2D eigenvalue weighted by molar-refractivity contribution is 6.32. The van der Waals surface area contributed by atoms with E-state index in [1.165, 1.54) is 31.1 Å². The summed E-state index contributed by atoms with van der Waals surface area (Å²) in [7, 11) is 3.05. The van der Waals surface area contributed by atoms with Gasteiger partial charge in [-0.05, 0) is 50.6 Å². The number of nitrogens with zero attached hydrogens (tertiary/aromatic N) is 2. The van der Waals surface area contributed by atoms with Gasteiger partial charge in [-0.25, -0.2) is 0 Å². The molecule has 4 aliphatic rings. The van der Waals surface area contributed by atoms with Crippen LogP contribution in [0.2, 0.25) is 0 Å². The lowest BCUT2D eigenvalue weighted by molar-refractivity contribution is -0.181. The highest BCUT2D eigenvalue weighted by atomic mass is 16.5. The summed E-state index contributed by atoms with van der Waals surface area (Å²) in [5.74, 6) is -11.5. The van der Waals surface area contributed by atoms with Crippen LogP contribution in [-0.4, -0.2) is 113 Å². The second-order valence-electron chi connectivity index (χ2n) is 11.1. The first-order valence-electron chi connectivity index (χ1n) is 12.9. The minimum atomic E-state index is -2.78. The molecule has 0 aromatic heterocycles. The zero-order chi connectivity index (χ0) is 28.4. The molecule has 12 nitrogen and oxygen atoms in total. The van der Waals surface area contributed by atoms with Crippen molar-refractivity contribution in [1.82, 2.24) is 9.80 Å². The largest absolute Gasteiger partial charge is 0.507 e. The van der Waals surface area contributed by atoms with Crippen LogP contribution in [0.25, 0.3) is 0 Å². The zero-order valence-corrected chi connectivity index (χ0v) is 21.7. The van der Waals surface area contributed by atoms with Gasteiger partial charge in [-0.3, -0.25) is 38.6 Å². The number of fused-ring (bicyclic) bond motifs is 3. The molecule has 208 valence electrons. The van der Waals surface area contributed by atoms with E-state index >= 15 is 0 Å². The molecule has 2 unspecified atom stereocenters. The summed E-state index contributed by atoms with van der Waals surface area (Å²) >= 11 is 0. The minimum Gasteiger partial charge on any atom is -0.507 e. The lowest BCUT2D eigenvalue weighted by atomic mass is 9.52. The Bertz CT molecular complexity index is 1300. The number of aliphatic hydroxyl groups is 1. The summed E-state index contributed by atoms with van der Waals surface area (Å²) in [6.07, 6.45) is -0.0267. The maximum Gasteiger partial charge on any atom is 0.235 e. The number of hydrogen-bond acceptors (Lipinski definition) is 11. The van der Waals surface area contributed by atoms with Crippen LogP contribution < -0.4 is 5.73 Å². The highest BCUT2D eigenvalue weighted by Gasteiger charge is 2.69. The fraction of sp³-hybridized carbons (Fsp3) is 0.556. The number of phenols is 1. The molecule has 0 spiro atoms. The van der Waals surface area contributed by atoms with Gasteiger partial charge in [0.25, 0.3) is 0 Å². The van der Waals surface area contributed by atoms with E-state index < -0.39 is 70.1 Å². The number of ketones is 5. The van der Waals surface area contributed by atoms with Crippen molar-refractivity contribution in [2.75, 3.05) is 46.9 Å².